The molecule has 0 saturated carbocycles. The van der Waals surface area contributed by atoms with Crippen LogP contribution in [0.3, 0.4) is 0 Å². The Bertz CT molecular complexity index is 438. The summed E-state index contributed by atoms with van der Waals surface area (Å²) < 4.78 is 23.4. The Kier molecular flexibility index (Phi) is 4.74. The van der Waals surface area contributed by atoms with Gasteiger partial charge < -0.3 is 9.47 Å². The molecule has 1 aliphatic rings. The van der Waals surface area contributed by atoms with Gasteiger partial charge in [-0.05, 0) is 25.1 Å². The van der Waals surface area contributed by atoms with E-state index >= 15 is 0 Å². The highest BCUT2D eigenvalue weighted by Crippen LogP contribution is 2.18. The van der Waals surface area contributed by atoms with Crippen molar-refractivity contribution >= 4 is 5.97 Å². The Balaban J connectivity index is 1.73. The number of carbonyl (C=O) groups excluding carboxylic acids is 1. The Morgan fingerprint density at radius 1 is 1.47 bits per heavy atom. The minimum Gasteiger partial charge on any atom is -0.489 e. The van der Waals surface area contributed by atoms with Gasteiger partial charge in [0.1, 0.15) is 6.61 Å². The fourth-order valence-electron chi connectivity index (χ4n) is 2.24. The summed E-state index contributed by atoms with van der Waals surface area (Å²) in [6.45, 7) is 2.63. The molecule has 1 heterocycles. The molecule has 1 unspecified atom stereocenters. The van der Waals surface area contributed by atoms with Gasteiger partial charge in [0.05, 0.1) is 13.0 Å². The third-order valence-electron chi connectivity index (χ3n) is 3.31. The highest BCUT2D eigenvalue weighted by molar-refractivity contribution is 5.72. The van der Waals surface area contributed by atoms with E-state index in [2.05, 4.69) is 4.90 Å². The van der Waals surface area contributed by atoms with Crippen LogP contribution in [0.1, 0.15) is 6.42 Å². The zero-order chi connectivity index (χ0) is 13.7. The molecule has 1 fully saturated rings. The van der Waals surface area contributed by atoms with Crippen LogP contribution in [0, 0.1) is 11.7 Å². The first-order valence-electron chi connectivity index (χ1n) is 6.38. The molecule has 0 amide bonds. The van der Waals surface area contributed by atoms with Crippen LogP contribution in [0.4, 0.5) is 4.39 Å². The van der Waals surface area contributed by atoms with Crippen LogP contribution < -0.4 is 4.74 Å². The van der Waals surface area contributed by atoms with Crippen molar-refractivity contribution in [3.8, 4) is 5.75 Å². The predicted octanol–water partition coefficient (Wildman–Crippen LogP) is 1.70. The highest BCUT2D eigenvalue weighted by Gasteiger charge is 2.28. The number of nitrogens with zero attached hydrogens (tertiary/aromatic N) is 1. The van der Waals surface area contributed by atoms with Crippen LogP contribution >= 0.6 is 0 Å². The summed E-state index contributed by atoms with van der Waals surface area (Å²) in [6, 6.07) is 6.35. The number of rotatable bonds is 5. The number of hydrogen-bond donors (Lipinski definition) is 0. The summed E-state index contributed by atoms with van der Waals surface area (Å²) in [5.41, 5.74) is 0. The molecule has 0 N–H and O–H groups in total. The Hall–Kier alpha value is -1.62. The van der Waals surface area contributed by atoms with Gasteiger partial charge in [-0.1, -0.05) is 12.1 Å². The number of carbonyl (C=O) groups is 1. The van der Waals surface area contributed by atoms with Crippen molar-refractivity contribution < 1.29 is 18.7 Å². The molecule has 19 heavy (non-hydrogen) atoms. The Labute approximate surface area is 112 Å². The van der Waals surface area contributed by atoms with Crippen molar-refractivity contribution in [1.29, 1.82) is 0 Å². The normalized spacial score (nSPS) is 19.4. The quantitative estimate of drug-likeness (QED) is 0.761. The largest absolute Gasteiger partial charge is 0.489 e. The first kappa shape index (κ1) is 13.8. The van der Waals surface area contributed by atoms with Crippen molar-refractivity contribution in [3.05, 3.63) is 30.1 Å². The smallest absolute Gasteiger partial charge is 0.310 e. The van der Waals surface area contributed by atoms with Crippen LogP contribution in [0.15, 0.2) is 24.3 Å². The van der Waals surface area contributed by atoms with E-state index in [1.54, 1.807) is 18.2 Å². The molecule has 1 atom stereocenters. The average Bonchev–Trinajstić information content (AvgIpc) is 2.89. The minimum atomic E-state index is -0.351. The molecule has 1 saturated heterocycles. The van der Waals surface area contributed by atoms with E-state index in [-0.39, 0.29) is 23.5 Å². The van der Waals surface area contributed by atoms with Crippen molar-refractivity contribution in [1.82, 2.24) is 4.90 Å². The lowest BCUT2D eigenvalue weighted by molar-refractivity contribution is -0.144. The van der Waals surface area contributed by atoms with E-state index in [0.717, 1.165) is 13.0 Å². The van der Waals surface area contributed by atoms with Crippen LogP contribution in [0.25, 0.3) is 0 Å². The van der Waals surface area contributed by atoms with E-state index in [1.165, 1.54) is 13.2 Å². The summed E-state index contributed by atoms with van der Waals surface area (Å²) in [6.07, 6.45) is 0.812. The first-order chi connectivity index (χ1) is 9.20. The van der Waals surface area contributed by atoms with Crippen LogP contribution in [0.2, 0.25) is 0 Å². The second kappa shape index (κ2) is 6.52. The van der Waals surface area contributed by atoms with Crippen LogP contribution in [0.5, 0.6) is 5.75 Å². The number of benzene rings is 1. The topological polar surface area (TPSA) is 38.8 Å². The lowest BCUT2D eigenvalue weighted by Crippen LogP contribution is -2.28. The van der Waals surface area contributed by atoms with Gasteiger partial charge in [-0.2, -0.15) is 0 Å². The van der Waals surface area contributed by atoms with E-state index < -0.39 is 0 Å². The lowest BCUT2D eigenvalue weighted by Gasteiger charge is -2.16. The monoisotopic (exact) mass is 267 g/mol. The zero-order valence-electron chi connectivity index (χ0n) is 11.0. The van der Waals surface area contributed by atoms with Gasteiger partial charge in [-0.15, -0.1) is 0 Å². The number of para-hydroxylation sites is 1. The number of halogens is 1. The maximum atomic E-state index is 13.3. The Morgan fingerprint density at radius 2 is 2.26 bits per heavy atom. The third kappa shape index (κ3) is 3.67. The molecule has 0 bridgehead atoms. The minimum absolute atomic E-state index is 0.0431. The number of ether oxygens (including phenoxy) is 2. The third-order valence-corrected chi connectivity index (χ3v) is 3.31. The van der Waals surface area contributed by atoms with Crippen LogP contribution in [-0.2, 0) is 9.53 Å². The van der Waals surface area contributed by atoms with Crippen molar-refractivity contribution in [3.63, 3.8) is 0 Å². The van der Waals surface area contributed by atoms with Gasteiger partial charge in [-0.3, -0.25) is 9.69 Å². The predicted molar refractivity (Wildman–Crippen MR) is 68.5 cm³/mol. The average molecular weight is 267 g/mol. The molecule has 0 spiro atoms. The Morgan fingerprint density at radius 3 is 3.00 bits per heavy atom. The highest BCUT2D eigenvalue weighted by atomic mass is 19.1. The van der Waals surface area contributed by atoms with Crippen LogP contribution in [-0.4, -0.2) is 44.2 Å². The van der Waals surface area contributed by atoms with E-state index in [4.69, 9.17) is 9.47 Å². The molecular formula is C14H18FNO3. The summed E-state index contributed by atoms with van der Waals surface area (Å²) in [4.78, 5) is 13.5. The maximum Gasteiger partial charge on any atom is 0.310 e. The molecule has 0 radical (unpaired) electrons. The number of likely N-dealkylation sites (tertiary alicyclic amines) is 1. The van der Waals surface area contributed by atoms with Crippen molar-refractivity contribution in [2.24, 2.45) is 5.92 Å². The second-order valence-corrected chi connectivity index (χ2v) is 4.59. The van der Waals surface area contributed by atoms with Crippen molar-refractivity contribution in [2.75, 3.05) is 33.4 Å². The zero-order valence-corrected chi connectivity index (χ0v) is 11.0. The number of hydrogen-bond acceptors (Lipinski definition) is 4. The fourth-order valence-corrected chi connectivity index (χ4v) is 2.24. The molecule has 104 valence electrons. The number of esters is 1. The maximum absolute atomic E-state index is 13.3. The molecule has 2 rings (SSSR count). The van der Waals surface area contributed by atoms with Gasteiger partial charge >= 0.3 is 5.97 Å². The molecule has 0 aromatic heterocycles. The van der Waals surface area contributed by atoms with E-state index in [1.807, 2.05) is 0 Å². The standard InChI is InChI=1S/C14H18FNO3/c1-18-14(17)11-6-7-16(10-11)8-9-19-13-5-3-2-4-12(13)15/h2-5,11H,6-10H2,1H3. The summed E-state index contributed by atoms with van der Waals surface area (Å²) in [5, 5.41) is 0. The lowest BCUT2D eigenvalue weighted by atomic mass is 10.1. The molecule has 1 aromatic carbocycles. The molecule has 0 aliphatic carbocycles. The van der Waals surface area contributed by atoms with E-state index in [0.29, 0.717) is 19.7 Å². The molecule has 1 aromatic rings. The van der Waals surface area contributed by atoms with Gasteiger partial charge in [-0.25, -0.2) is 4.39 Å². The molecule has 5 heteroatoms. The molecule has 4 nitrogen and oxygen atoms in total. The summed E-state index contributed by atoms with van der Waals surface area (Å²) in [7, 11) is 1.41. The SMILES string of the molecule is COC(=O)C1CCN(CCOc2ccccc2F)C1. The molecule has 1 aliphatic heterocycles. The fraction of sp³-hybridized carbons (Fsp3) is 0.500. The van der Waals surface area contributed by atoms with Gasteiger partial charge in [0.15, 0.2) is 11.6 Å². The summed E-state index contributed by atoms with van der Waals surface area (Å²) in [5.74, 6) is -0.279. The van der Waals surface area contributed by atoms with Gasteiger partial charge in [0.25, 0.3) is 0 Å². The van der Waals surface area contributed by atoms with Crippen molar-refractivity contribution in [2.45, 2.75) is 6.42 Å². The molecular weight excluding hydrogens is 249 g/mol. The second-order valence-electron chi connectivity index (χ2n) is 4.59. The van der Waals surface area contributed by atoms with E-state index in [9.17, 15) is 9.18 Å². The van der Waals surface area contributed by atoms with Gasteiger partial charge in [0.2, 0.25) is 0 Å². The first-order valence-corrected chi connectivity index (χ1v) is 6.38. The summed E-state index contributed by atoms with van der Waals surface area (Å²) >= 11 is 0. The number of methoxy groups -OCH3 is 1. The van der Waals surface area contributed by atoms with Gasteiger partial charge in [0, 0.05) is 13.1 Å².